The molecule has 25 heavy (non-hydrogen) atoms. The Morgan fingerprint density at radius 2 is 2.20 bits per heavy atom. The van der Waals surface area contributed by atoms with Crippen molar-refractivity contribution in [3.8, 4) is 0 Å². The highest BCUT2D eigenvalue weighted by Gasteiger charge is 2.33. The quantitative estimate of drug-likeness (QED) is 0.858. The topological polar surface area (TPSA) is 88.4 Å². The molecule has 7 heteroatoms. The number of nitrogens with zero attached hydrogens (tertiary/aromatic N) is 2. The molecule has 2 aliphatic rings. The lowest BCUT2D eigenvalue weighted by Crippen LogP contribution is -2.49. The van der Waals surface area contributed by atoms with Gasteiger partial charge in [-0.3, -0.25) is 14.7 Å². The highest BCUT2D eigenvalue weighted by atomic mass is 16.5. The molecular weight excluding hydrogens is 322 g/mol. The number of H-pyrrole nitrogens is 1. The molecule has 0 aromatic carbocycles. The zero-order chi connectivity index (χ0) is 17.2. The number of carbonyl (C=O) groups excluding carboxylic acids is 2. The van der Waals surface area contributed by atoms with Crippen molar-refractivity contribution in [3.63, 3.8) is 0 Å². The maximum atomic E-state index is 13.1. The largest absolute Gasteiger partial charge is 0.461 e. The van der Waals surface area contributed by atoms with Gasteiger partial charge >= 0.3 is 0 Å². The molecule has 0 spiro atoms. The van der Waals surface area contributed by atoms with E-state index in [1.165, 1.54) is 6.26 Å². The van der Waals surface area contributed by atoms with Gasteiger partial charge in [-0.05, 0) is 37.8 Å². The number of hydrogen-bond acceptors (Lipinski definition) is 5. The molecule has 7 nitrogen and oxygen atoms in total. The summed E-state index contributed by atoms with van der Waals surface area (Å²) in [5.74, 6) is 0.0809. The first kappa shape index (κ1) is 16.1. The number of furan rings is 1. The number of rotatable bonds is 4. The molecule has 0 bridgehead atoms. The Balaban J connectivity index is 1.53. The molecule has 3 heterocycles. The first-order valence-electron chi connectivity index (χ1n) is 8.75. The van der Waals surface area contributed by atoms with Gasteiger partial charge in [-0.15, -0.1) is 0 Å². The highest BCUT2D eigenvalue weighted by molar-refractivity contribution is 5.96. The van der Waals surface area contributed by atoms with Crippen molar-refractivity contribution in [2.45, 2.75) is 38.1 Å². The van der Waals surface area contributed by atoms with Crippen LogP contribution in [0.25, 0.3) is 0 Å². The van der Waals surface area contributed by atoms with Gasteiger partial charge in [-0.2, -0.15) is 5.10 Å². The Kier molecular flexibility index (Phi) is 4.40. The maximum Gasteiger partial charge on any atom is 0.275 e. The third kappa shape index (κ3) is 3.11. The number of carbonyl (C=O) groups is 2. The van der Waals surface area contributed by atoms with Gasteiger partial charge in [0.25, 0.3) is 5.91 Å². The third-order valence-corrected chi connectivity index (χ3v) is 4.96. The van der Waals surface area contributed by atoms with Gasteiger partial charge < -0.3 is 14.1 Å². The van der Waals surface area contributed by atoms with E-state index in [4.69, 9.17) is 9.15 Å². The normalized spacial score (nSPS) is 20.3. The van der Waals surface area contributed by atoms with Crippen molar-refractivity contribution < 1.29 is 18.7 Å². The average molecular weight is 343 g/mol. The van der Waals surface area contributed by atoms with Crippen LogP contribution >= 0.6 is 0 Å². The summed E-state index contributed by atoms with van der Waals surface area (Å²) in [5.41, 5.74) is 2.62. The minimum absolute atomic E-state index is 0.111. The number of ether oxygens (including phenoxy) is 1. The molecule has 0 saturated carbocycles. The van der Waals surface area contributed by atoms with Crippen LogP contribution in [0.2, 0.25) is 0 Å². The second kappa shape index (κ2) is 6.84. The van der Waals surface area contributed by atoms with Gasteiger partial charge in [0.05, 0.1) is 25.5 Å². The fraction of sp³-hybridized carbons (Fsp3) is 0.500. The molecule has 1 aliphatic carbocycles. The average Bonchev–Trinajstić information content (AvgIpc) is 3.31. The Labute approximate surface area is 145 Å². The smallest absolute Gasteiger partial charge is 0.275 e. The van der Waals surface area contributed by atoms with E-state index in [0.717, 1.165) is 36.9 Å². The summed E-state index contributed by atoms with van der Waals surface area (Å²) >= 11 is 0. The predicted octanol–water partition coefficient (Wildman–Crippen LogP) is 2.00. The summed E-state index contributed by atoms with van der Waals surface area (Å²) < 4.78 is 10.7. The summed E-state index contributed by atoms with van der Waals surface area (Å²) in [5, 5.41) is 7.29. The van der Waals surface area contributed by atoms with Crippen LogP contribution < -0.4 is 0 Å². The van der Waals surface area contributed by atoms with E-state index < -0.39 is 0 Å². The maximum absolute atomic E-state index is 13.1. The molecule has 1 fully saturated rings. The van der Waals surface area contributed by atoms with Crippen molar-refractivity contribution in [2.24, 2.45) is 0 Å². The molecule has 1 atom stereocenters. The molecule has 0 radical (unpaired) electrons. The number of ketones is 1. The fourth-order valence-corrected chi connectivity index (χ4v) is 3.64. The van der Waals surface area contributed by atoms with Crippen LogP contribution in [0.3, 0.4) is 0 Å². The van der Waals surface area contributed by atoms with E-state index in [1.807, 2.05) is 0 Å². The second-order valence-electron chi connectivity index (χ2n) is 6.57. The van der Waals surface area contributed by atoms with Crippen LogP contribution in [0.4, 0.5) is 0 Å². The number of aromatic amines is 1. The Hall–Kier alpha value is -2.41. The third-order valence-electron chi connectivity index (χ3n) is 4.96. The standard InChI is InChI=1S/C18H21N3O4/c22-15(16-6-3-8-25-16)10-12-11-24-9-7-21(12)18(23)17-13-4-1-2-5-14(13)19-20-17/h3,6,8,12H,1-2,4-5,7,9-11H2,(H,19,20). The van der Waals surface area contributed by atoms with Gasteiger partial charge in [0.15, 0.2) is 17.2 Å². The van der Waals surface area contributed by atoms with Crippen molar-refractivity contribution in [3.05, 3.63) is 41.1 Å². The van der Waals surface area contributed by atoms with Gasteiger partial charge in [-0.1, -0.05) is 0 Å². The Morgan fingerprint density at radius 1 is 1.32 bits per heavy atom. The number of morpholine rings is 1. The van der Waals surface area contributed by atoms with E-state index in [2.05, 4.69) is 10.2 Å². The first-order chi connectivity index (χ1) is 12.2. The number of nitrogens with one attached hydrogen (secondary N) is 1. The van der Waals surface area contributed by atoms with Gasteiger partial charge in [0.2, 0.25) is 0 Å². The molecule has 4 rings (SSSR count). The summed E-state index contributed by atoms with van der Waals surface area (Å²) in [4.78, 5) is 27.1. The summed E-state index contributed by atoms with van der Waals surface area (Å²) in [7, 11) is 0. The van der Waals surface area contributed by atoms with Crippen LogP contribution in [0.15, 0.2) is 22.8 Å². The molecule has 1 amide bonds. The van der Waals surface area contributed by atoms with E-state index in [1.54, 1.807) is 17.0 Å². The first-order valence-corrected chi connectivity index (χ1v) is 8.75. The van der Waals surface area contributed by atoms with Crippen LogP contribution in [0.5, 0.6) is 0 Å². The van der Waals surface area contributed by atoms with Crippen LogP contribution in [-0.2, 0) is 17.6 Å². The molecule has 2 aromatic rings. The number of hydrogen-bond donors (Lipinski definition) is 1. The zero-order valence-electron chi connectivity index (χ0n) is 14.0. The summed E-state index contributed by atoms with van der Waals surface area (Å²) in [6.45, 7) is 1.30. The Bertz CT molecular complexity index is 765. The van der Waals surface area contributed by atoms with Gasteiger partial charge in [0.1, 0.15) is 0 Å². The van der Waals surface area contributed by atoms with Crippen molar-refractivity contribution in [1.82, 2.24) is 15.1 Å². The van der Waals surface area contributed by atoms with Crippen LogP contribution in [0, 0.1) is 0 Å². The highest BCUT2D eigenvalue weighted by Crippen LogP contribution is 2.25. The van der Waals surface area contributed by atoms with E-state index in [9.17, 15) is 9.59 Å². The number of fused-ring (bicyclic) bond motifs is 1. The van der Waals surface area contributed by atoms with E-state index in [0.29, 0.717) is 31.2 Å². The number of Topliss-reactive ketones (excluding diaryl/α,β-unsaturated/α-hetero) is 1. The minimum Gasteiger partial charge on any atom is -0.461 e. The van der Waals surface area contributed by atoms with Crippen molar-refractivity contribution in [2.75, 3.05) is 19.8 Å². The monoisotopic (exact) mass is 343 g/mol. The lowest BCUT2D eigenvalue weighted by atomic mass is 9.95. The SMILES string of the molecule is O=C(CC1COCCN1C(=O)c1n[nH]c2c1CCCC2)c1ccco1. The second-order valence-corrected chi connectivity index (χ2v) is 6.57. The number of aromatic nitrogens is 2. The molecule has 132 valence electrons. The van der Waals surface area contributed by atoms with Crippen LogP contribution in [-0.4, -0.2) is 52.6 Å². The fourth-order valence-electron chi connectivity index (χ4n) is 3.64. The van der Waals surface area contributed by atoms with Crippen molar-refractivity contribution >= 4 is 11.7 Å². The van der Waals surface area contributed by atoms with Gasteiger partial charge in [-0.25, -0.2) is 0 Å². The molecule has 2 aromatic heterocycles. The predicted molar refractivity (Wildman–Crippen MR) is 88.5 cm³/mol. The summed E-state index contributed by atoms with van der Waals surface area (Å²) in [6.07, 6.45) is 5.69. The van der Waals surface area contributed by atoms with E-state index in [-0.39, 0.29) is 24.2 Å². The molecule has 1 N–H and O–H groups in total. The lowest BCUT2D eigenvalue weighted by molar-refractivity contribution is -0.00339. The van der Waals surface area contributed by atoms with E-state index >= 15 is 0 Å². The lowest BCUT2D eigenvalue weighted by Gasteiger charge is -2.35. The van der Waals surface area contributed by atoms with Gasteiger partial charge in [0, 0.05) is 24.2 Å². The number of aryl methyl sites for hydroxylation is 1. The molecular formula is C18H21N3O4. The molecule has 1 aliphatic heterocycles. The summed E-state index contributed by atoms with van der Waals surface area (Å²) in [6, 6.07) is 3.03. The Morgan fingerprint density at radius 3 is 3.04 bits per heavy atom. The number of amides is 1. The molecule has 1 unspecified atom stereocenters. The molecule has 1 saturated heterocycles. The minimum atomic E-state index is -0.296. The van der Waals surface area contributed by atoms with Crippen LogP contribution in [0.1, 0.15) is 51.6 Å². The van der Waals surface area contributed by atoms with Crippen molar-refractivity contribution in [1.29, 1.82) is 0 Å². The zero-order valence-corrected chi connectivity index (χ0v) is 14.0.